The number of hydrogen-bond acceptors (Lipinski definition) is 2. The van der Waals surface area contributed by atoms with Crippen molar-refractivity contribution < 1.29 is 18.3 Å². The van der Waals surface area contributed by atoms with E-state index in [0.717, 1.165) is 0 Å². The number of amides is 1. The Morgan fingerprint density at radius 1 is 1.43 bits per heavy atom. The molecule has 5 heteroatoms. The van der Waals surface area contributed by atoms with Gasteiger partial charge in [-0.2, -0.15) is 0 Å². The molecule has 0 aliphatic carbocycles. The van der Waals surface area contributed by atoms with Crippen LogP contribution in [0.2, 0.25) is 0 Å². The molecule has 1 N–H and O–H groups in total. The van der Waals surface area contributed by atoms with E-state index >= 15 is 0 Å². The molecule has 1 aromatic carbocycles. The minimum Gasteiger partial charge on any atom is -0.482 e. The van der Waals surface area contributed by atoms with Gasteiger partial charge in [-0.15, -0.1) is 0 Å². The van der Waals surface area contributed by atoms with E-state index in [4.69, 9.17) is 4.74 Å². The van der Waals surface area contributed by atoms with Gasteiger partial charge >= 0.3 is 0 Å². The molecule has 0 saturated heterocycles. The number of hydrogen-bond donors (Lipinski definition) is 1. The average molecular weight is 199 g/mol. The molecule has 0 unspecified atom stereocenters. The van der Waals surface area contributed by atoms with Crippen molar-refractivity contribution in [2.45, 2.75) is 6.43 Å². The highest BCUT2D eigenvalue weighted by Gasteiger charge is 2.17. The summed E-state index contributed by atoms with van der Waals surface area (Å²) < 4.78 is 29.6. The van der Waals surface area contributed by atoms with Crippen molar-refractivity contribution in [1.82, 2.24) is 0 Å². The van der Waals surface area contributed by atoms with Crippen molar-refractivity contribution in [3.05, 3.63) is 23.8 Å². The third-order valence-corrected chi connectivity index (χ3v) is 1.89. The first-order chi connectivity index (χ1) is 6.66. The van der Waals surface area contributed by atoms with Crippen LogP contribution in [-0.4, -0.2) is 12.5 Å². The first-order valence-electron chi connectivity index (χ1n) is 4.01. The van der Waals surface area contributed by atoms with Crippen LogP contribution in [0.4, 0.5) is 14.5 Å². The van der Waals surface area contributed by atoms with E-state index in [1.807, 2.05) is 0 Å². The van der Waals surface area contributed by atoms with Crippen LogP contribution >= 0.6 is 0 Å². The highest BCUT2D eigenvalue weighted by molar-refractivity contribution is 5.95. The van der Waals surface area contributed by atoms with Crippen LogP contribution in [0.3, 0.4) is 0 Å². The molecule has 3 nitrogen and oxygen atoms in total. The lowest BCUT2D eigenvalue weighted by molar-refractivity contribution is -0.118. The molecule has 0 aromatic heterocycles. The van der Waals surface area contributed by atoms with Gasteiger partial charge in [-0.3, -0.25) is 4.79 Å². The number of halogens is 2. The summed E-state index contributed by atoms with van der Waals surface area (Å²) in [4.78, 5) is 10.9. The zero-order chi connectivity index (χ0) is 10.1. The van der Waals surface area contributed by atoms with Gasteiger partial charge in [0.15, 0.2) is 6.61 Å². The first-order valence-corrected chi connectivity index (χ1v) is 4.01. The molecule has 14 heavy (non-hydrogen) atoms. The second-order valence-corrected chi connectivity index (χ2v) is 2.89. The molecule has 2 rings (SSSR count). The number of fused-ring (bicyclic) bond motifs is 1. The van der Waals surface area contributed by atoms with Crippen molar-refractivity contribution in [1.29, 1.82) is 0 Å². The number of benzene rings is 1. The quantitative estimate of drug-likeness (QED) is 0.750. The Balaban J connectivity index is 2.37. The molecule has 0 bridgehead atoms. The van der Waals surface area contributed by atoms with Crippen molar-refractivity contribution in [3.8, 4) is 5.75 Å². The molecule has 0 spiro atoms. The summed E-state index contributed by atoms with van der Waals surface area (Å²) in [7, 11) is 0. The summed E-state index contributed by atoms with van der Waals surface area (Å²) in [6, 6.07) is 3.92. The number of rotatable bonds is 1. The summed E-state index contributed by atoms with van der Waals surface area (Å²) in [5, 5.41) is 2.46. The van der Waals surface area contributed by atoms with Gasteiger partial charge in [0.1, 0.15) is 5.75 Å². The van der Waals surface area contributed by atoms with E-state index in [-0.39, 0.29) is 18.1 Å². The smallest absolute Gasteiger partial charge is 0.263 e. The zero-order valence-electron chi connectivity index (χ0n) is 7.09. The van der Waals surface area contributed by atoms with Crippen molar-refractivity contribution >= 4 is 11.6 Å². The van der Waals surface area contributed by atoms with Crippen LogP contribution in [0, 0.1) is 0 Å². The maximum Gasteiger partial charge on any atom is 0.263 e. The van der Waals surface area contributed by atoms with E-state index < -0.39 is 6.43 Å². The first kappa shape index (κ1) is 8.93. The fourth-order valence-corrected chi connectivity index (χ4v) is 1.24. The van der Waals surface area contributed by atoms with E-state index in [2.05, 4.69) is 5.32 Å². The predicted octanol–water partition coefficient (Wildman–Crippen LogP) is 1.96. The van der Waals surface area contributed by atoms with E-state index in [1.54, 1.807) is 0 Å². The highest BCUT2D eigenvalue weighted by atomic mass is 19.3. The Morgan fingerprint density at radius 2 is 2.21 bits per heavy atom. The number of carbonyl (C=O) groups excluding carboxylic acids is 1. The van der Waals surface area contributed by atoms with Gasteiger partial charge in [0.2, 0.25) is 0 Å². The number of carbonyl (C=O) groups is 1. The minimum absolute atomic E-state index is 0.0684. The maximum absolute atomic E-state index is 12.3. The molecule has 1 heterocycles. The summed E-state index contributed by atoms with van der Waals surface area (Å²) in [5.41, 5.74) is 0.175. The number of ether oxygens (including phenoxy) is 1. The number of anilines is 1. The molecular weight excluding hydrogens is 192 g/mol. The second kappa shape index (κ2) is 3.25. The summed E-state index contributed by atoms with van der Waals surface area (Å²) in [6.07, 6.45) is -2.54. The lowest BCUT2D eigenvalue weighted by Gasteiger charge is -2.18. The standard InChI is InChI=1S/C9H7F2NO2/c10-9(11)5-1-2-7-6(3-5)12-8(13)4-14-7/h1-3,9H,4H2,(H,12,13). The Kier molecular flexibility index (Phi) is 2.07. The Labute approximate surface area is 78.7 Å². The molecule has 1 amide bonds. The SMILES string of the molecule is O=C1COc2ccc(C(F)F)cc2N1. The van der Waals surface area contributed by atoms with Crippen molar-refractivity contribution in [2.24, 2.45) is 0 Å². The van der Waals surface area contributed by atoms with Gasteiger partial charge in [-0.1, -0.05) is 0 Å². The van der Waals surface area contributed by atoms with E-state index in [0.29, 0.717) is 11.4 Å². The molecule has 0 atom stereocenters. The molecule has 0 fully saturated rings. The van der Waals surface area contributed by atoms with Crippen LogP contribution in [-0.2, 0) is 4.79 Å². The van der Waals surface area contributed by atoms with Gasteiger partial charge in [0.25, 0.3) is 12.3 Å². The van der Waals surface area contributed by atoms with Gasteiger partial charge in [0.05, 0.1) is 5.69 Å². The van der Waals surface area contributed by atoms with Crippen LogP contribution in [0.15, 0.2) is 18.2 Å². The molecular formula is C9H7F2NO2. The third-order valence-electron chi connectivity index (χ3n) is 1.89. The average Bonchev–Trinajstić information content (AvgIpc) is 2.16. The van der Waals surface area contributed by atoms with Gasteiger partial charge in [-0.05, 0) is 18.2 Å². The molecule has 0 radical (unpaired) electrons. The summed E-state index contributed by atoms with van der Waals surface area (Å²) in [5.74, 6) is 0.0953. The van der Waals surface area contributed by atoms with Crippen LogP contribution in [0.25, 0.3) is 0 Å². The fourth-order valence-electron chi connectivity index (χ4n) is 1.24. The van der Waals surface area contributed by atoms with Gasteiger partial charge in [-0.25, -0.2) is 8.78 Å². The Bertz CT molecular complexity index is 379. The minimum atomic E-state index is -2.54. The predicted molar refractivity (Wildman–Crippen MR) is 45.5 cm³/mol. The highest BCUT2D eigenvalue weighted by Crippen LogP contribution is 2.31. The fraction of sp³-hybridized carbons (Fsp3) is 0.222. The third kappa shape index (κ3) is 1.53. The van der Waals surface area contributed by atoms with Crippen LogP contribution < -0.4 is 10.1 Å². The van der Waals surface area contributed by atoms with E-state index in [9.17, 15) is 13.6 Å². The Morgan fingerprint density at radius 3 is 2.93 bits per heavy atom. The van der Waals surface area contributed by atoms with Crippen LogP contribution in [0.5, 0.6) is 5.75 Å². The van der Waals surface area contributed by atoms with E-state index in [1.165, 1.54) is 18.2 Å². The molecule has 1 aromatic rings. The molecule has 1 aliphatic rings. The van der Waals surface area contributed by atoms with Gasteiger partial charge < -0.3 is 10.1 Å². The molecule has 0 saturated carbocycles. The lowest BCUT2D eigenvalue weighted by Crippen LogP contribution is -2.25. The monoisotopic (exact) mass is 199 g/mol. The Hall–Kier alpha value is -1.65. The molecule has 74 valence electrons. The largest absolute Gasteiger partial charge is 0.482 e. The number of alkyl halides is 2. The maximum atomic E-state index is 12.3. The summed E-state index contributed by atoms with van der Waals surface area (Å²) in [6.45, 7) is -0.0684. The van der Waals surface area contributed by atoms with Gasteiger partial charge in [0, 0.05) is 5.56 Å². The lowest BCUT2D eigenvalue weighted by atomic mass is 10.2. The summed E-state index contributed by atoms with van der Waals surface area (Å²) >= 11 is 0. The zero-order valence-corrected chi connectivity index (χ0v) is 7.09. The number of nitrogens with one attached hydrogen (secondary N) is 1. The van der Waals surface area contributed by atoms with Crippen molar-refractivity contribution in [2.75, 3.05) is 11.9 Å². The second-order valence-electron chi connectivity index (χ2n) is 2.89. The van der Waals surface area contributed by atoms with Crippen LogP contribution in [0.1, 0.15) is 12.0 Å². The topological polar surface area (TPSA) is 38.3 Å². The van der Waals surface area contributed by atoms with Crippen molar-refractivity contribution in [3.63, 3.8) is 0 Å². The molecule has 1 aliphatic heterocycles. The normalized spacial score (nSPS) is 14.6.